The third kappa shape index (κ3) is 22.1. The van der Waals surface area contributed by atoms with Crippen molar-refractivity contribution in [1.82, 2.24) is 26.6 Å². The second-order valence-corrected chi connectivity index (χ2v) is 17.8. The van der Waals surface area contributed by atoms with E-state index in [1.807, 2.05) is 34.6 Å². The van der Waals surface area contributed by atoms with Crippen molar-refractivity contribution in [3.63, 3.8) is 0 Å². The number of nitrogens with one attached hydrogen (secondary N) is 5. The van der Waals surface area contributed by atoms with Gasteiger partial charge in [-0.15, -0.1) is 0 Å². The molecule has 6 amide bonds. The topological polar surface area (TPSA) is 259 Å². The molecule has 328 valence electrons. The monoisotopic (exact) mass is 820 g/mol. The number of alkyl carbamates (subject to hydrolysis) is 1. The standard InChI is InChI=1S/C41H69N7O10/c1-24(2)21-28(42)34(51)47-31(23-32(49)57-40(7,8)9)37(54)48-30(22-26-16-18-27(19-17-26)56-39(4,5)6)36(53)46-29(35(52)45-25(3)33(43)50)15-13-14-20-44-38(55)58-41(10,11)12/h16-19,24-25,28-31H,13-15,20-23,42H2,1-12H3,(H2,43,50)(H,44,55)(H,45,52)(H,46,53)(H,47,51)(H,48,54)/t25-,28-,29-,30-,31-/m0/s1. The van der Waals surface area contributed by atoms with E-state index in [0.717, 1.165) is 0 Å². The van der Waals surface area contributed by atoms with Gasteiger partial charge in [-0.25, -0.2) is 4.79 Å². The second-order valence-electron chi connectivity index (χ2n) is 17.8. The number of esters is 1. The number of rotatable bonds is 21. The number of primary amides is 1. The van der Waals surface area contributed by atoms with Crippen LogP contribution in [0.4, 0.5) is 4.79 Å². The van der Waals surface area contributed by atoms with Gasteiger partial charge in [0.05, 0.1) is 12.5 Å². The molecule has 0 spiro atoms. The molecule has 0 saturated heterocycles. The number of unbranched alkanes of at least 4 members (excludes halogenated alkanes) is 1. The van der Waals surface area contributed by atoms with Gasteiger partial charge in [-0.05, 0) is 119 Å². The van der Waals surface area contributed by atoms with E-state index in [1.54, 1.807) is 65.8 Å². The molecular weight excluding hydrogens is 750 g/mol. The molecule has 0 radical (unpaired) electrons. The number of carbonyl (C=O) groups is 7. The minimum Gasteiger partial charge on any atom is -0.488 e. The van der Waals surface area contributed by atoms with Crippen molar-refractivity contribution in [3.05, 3.63) is 29.8 Å². The second kappa shape index (κ2) is 22.9. The quantitative estimate of drug-likeness (QED) is 0.0701. The van der Waals surface area contributed by atoms with Crippen LogP contribution in [-0.2, 0) is 44.7 Å². The average molecular weight is 820 g/mol. The molecule has 1 aromatic carbocycles. The maximum absolute atomic E-state index is 14.2. The molecule has 0 unspecified atom stereocenters. The summed E-state index contributed by atoms with van der Waals surface area (Å²) in [4.78, 5) is 91.6. The van der Waals surface area contributed by atoms with Gasteiger partial charge >= 0.3 is 12.1 Å². The van der Waals surface area contributed by atoms with Crippen molar-refractivity contribution < 1.29 is 47.8 Å². The fourth-order valence-corrected chi connectivity index (χ4v) is 5.32. The van der Waals surface area contributed by atoms with Crippen LogP contribution in [0.1, 0.15) is 121 Å². The molecule has 0 saturated carbocycles. The molecule has 1 rings (SSSR count). The van der Waals surface area contributed by atoms with Crippen molar-refractivity contribution in [1.29, 1.82) is 0 Å². The SMILES string of the molecule is CC(C)C[C@H](N)C(=O)N[C@@H](CC(=O)OC(C)(C)C)C(=O)N[C@@H](Cc1ccc(OC(C)(C)C)cc1)C(=O)N[C@@H](CCCCNC(=O)OC(C)(C)C)C(=O)N[C@@H](C)C(N)=O. The van der Waals surface area contributed by atoms with E-state index in [-0.39, 0.29) is 25.3 Å². The summed E-state index contributed by atoms with van der Waals surface area (Å²) >= 11 is 0. The largest absolute Gasteiger partial charge is 0.488 e. The van der Waals surface area contributed by atoms with E-state index < -0.39 is 95.0 Å². The minimum atomic E-state index is -1.48. The predicted molar refractivity (Wildman–Crippen MR) is 219 cm³/mol. The van der Waals surface area contributed by atoms with Crippen LogP contribution in [0, 0.1) is 5.92 Å². The molecule has 5 atom stereocenters. The van der Waals surface area contributed by atoms with Crippen LogP contribution in [0.3, 0.4) is 0 Å². The van der Waals surface area contributed by atoms with Gasteiger partial charge in [0.25, 0.3) is 0 Å². The van der Waals surface area contributed by atoms with Gasteiger partial charge in [-0.3, -0.25) is 28.8 Å². The summed E-state index contributed by atoms with van der Waals surface area (Å²) in [6.07, 6.45) is -0.136. The molecule has 0 heterocycles. The number of ether oxygens (including phenoxy) is 3. The average Bonchev–Trinajstić information content (AvgIpc) is 3.04. The van der Waals surface area contributed by atoms with Crippen molar-refractivity contribution >= 4 is 41.6 Å². The molecule has 1 aromatic rings. The first-order valence-electron chi connectivity index (χ1n) is 19.8. The first kappa shape index (κ1) is 51.1. The molecule has 0 aliphatic rings. The van der Waals surface area contributed by atoms with Crippen LogP contribution in [-0.4, -0.2) is 95.2 Å². The van der Waals surface area contributed by atoms with Gasteiger partial charge in [0, 0.05) is 13.0 Å². The molecule has 9 N–H and O–H groups in total. The first-order chi connectivity index (χ1) is 26.5. The summed E-state index contributed by atoms with van der Waals surface area (Å²) in [6.45, 7) is 21.2. The molecular formula is C41H69N7O10. The van der Waals surface area contributed by atoms with Crippen molar-refractivity contribution in [2.24, 2.45) is 17.4 Å². The summed E-state index contributed by atoms with van der Waals surface area (Å²) in [7, 11) is 0. The van der Waals surface area contributed by atoms with E-state index in [9.17, 15) is 33.6 Å². The minimum absolute atomic E-state index is 0.0597. The molecule has 0 aromatic heterocycles. The summed E-state index contributed by atoms with van der Waals surface area (Å²) in [5.41, 5.74) is 10.0. The third-order valence-electron chi connectivity index (χ3n) is 7.91. The summed E-state index contributed by atoms with van der Waals surface area (Å²) in [6, 6.07) is 0.784. The fraction of sp³-hybridized carbons (Fsp3) is 0.683. The molecule has 17 nitrogen and oxygen atoms in total. The zero-order valence-corrected chi connectivity index (χ0v) is 36.5. The predicted octanol–water partition coefficient (Wildman–Crippen LogP) is 2.65. The molecule has 0 aliphatic carbocycles. The Hall–Kier alpha value is -4.93. The maximum Gasteiger partial charge on any atom is 0.407 e. The Labute approximate surface area is 343 Å². The lowest BCUT2D eigenvalue weighted by atomic mass is 10.0. The van der Waals surface area contributed by atoms with Crippen LogP contribution in [0.5, 0.6) is 5.75 Å². The van der Waals surface area contributed by atoms with Crippen molar-refractivity contribution in [2.45, 2.75) is 169 Å². The van der Waals surface area contributed by atoms with E-state index in [0.29, 0.717) is 30.6 Å². The Morgan fingerprint density at radius 1 is 0.655 bits per heavy atom. The van der Waals surface area contributed by atoms with Gasteiger partial charge in [0.1, 0.15) is 46.7 Å². The van der Waals surface area contributed by atoms with Crippen LogP contribution in [0.15, 0.2) is 24.3 Å². The number of benzene rings is 1. The molecule has 17 heteroatoms. The highest BCUT2D eigenvalue weighted by Crippen LogP contribution is 2.20. The van der Waals surface area contributed by atoms with Crippen LogP contribution < -0.4 is 42.8 Å². The summed E-state index contributed by atoms with van der Waals surface area (Å²) in [5.74, 6) is -3.97. The molecule has 58 heavy (non-hydrogen) atoms. The number of nitrogens with two attached hydrogens (primary N) is 2. The lowest BCUT2D eigenvalue weighted by Crippen LogP contribution is -2.59. The lowest BCUT2D eigenvalue weighted by Gasteiger charge is -2.27. The van der Waals surface area contributed by atoms with Crippen LogP contribution in [0.2, 0.25) is 0 Å². The Morgan fingerprint density at radius 2 is 1.17 bits per heavy atom. The Bertz CT molecular complexity index is 1550. The van der Waals surface area contributed by atoms with E-state index in [4.69, 9.17) is 25.7 Å². The highest BCUT2D eigenvalue weighted by molar-refractivity contribution is 5.97. The van der Waals surface area contributed by atoms with E-state index >= 15 is 0 Å². The number of hydrogen-bond donors (Lipinski definition) is 7. The fourth-order valence-electron chi connectivity index (χ4n) is 5.32. The van der Waals surface area contributed by atoms with Gasteiger partial charge < -0.3 is 52.3 Å². The summed E-state index contributed by atoms with van der Waals surface area (Å²) < 4.78 is 16.6. The van der Waals surface area contributed by atoms with Gasteiger partial charge in [-0.2, -0.15) is 0 Å². The molecule has 0 aliphatic heterocycles. The summed E-state index contributed by atoms with van der Waals surface area (Å²) in [5, 5.41) is 13.1. The zero-order valence-electron chi connectivity index (χ0n) is 36.5. The molecule has 0 fully saturated rings. The highest BCUT2D eigenvalue weighted by atomic mass is 16.6. The number of hydrogen-bond acceptors (Lipinski definition) is 11. The lowest BCUT2D eigenvalue weighted by molar-refractivity contribution is -0.156. The Kier molecular flexibility index (Phi) is 20.1. The molecule has 0 bridgehead atoms. The van der Waals surface area contributed by atoms with Crippen molar-refractivity contribution in [2.75, 3.05) is 6.54 Å². The van der Waals surface area contributed by atoms with E-state index in [2.05, 4.69) is 26.6 Å². The van der Waals surface area contributed by atoms with Crippen molar-refractivity contribution in [3.8, 4) is 5.75 Å². The Balaban J connectivity index is 3.49. The highest BCUT2D eigenvalue weighted by Gasteiger charge is 2.33. The van der Waals surface area contributed by atoms with Crippen LogP contribution in [0.25, 0.3) is 0 Å². The normalized spacial score (nSPS) is 14.4. The maximum atomic E-state index is 14.2. The number of carbonyl (C=O) groups excluding carboxylic acids is 7. The van der Waals surface area contributed by atoms with E-state index in [1.165, 1.54) is 6.92 Å². The van der Waals surface area contributed by atoms with Crippen LogP contribution >= 0.6 is 0 Å². The van der Waals surface area contributed by atoms with Gasteiger partial charge in [0.2, 0.25) is 29.5 Å². The first-order valence-corrected chi connectivity index (χ1v) is 19.8. The van der Waals surface area contributed by atoms with Gasteiger partial charge in [-0.1, -0.05) is 26.0 Å². The third-order valence-corrected chi connectivity index (χ3v) is 7.91. The number of amides is 6. The Morgan fingerprint density at radius 3 is 1.69 bits per heavy atom. The zero-order chi connectivity index (χ0) is 44.6. The smallest absolute Gasteiger partial charge is 0.407 e. The van der Waals surface area contributed by atoms with Gasteiger partial charge in [0.15, 0.2) is 0 Å².